The number of hydrogen-bond donors (Lipinski definition) is 0. The summed E-state index contributed by atoms with van der Waals surface area (Å²) in [5.41, 5.74) is 3.54. The van der Waals surface area contributed by atoms with E-state index in [-0.39, 0.29) is 18.0 Å². The minimum atomic E-state index is -0.354. The van der Waals surface area contributed by atoms with Gasteiger partial charge in [-0.1, -0.05) is 0 Å². The van der Waals surface area contributed by atoms with Gasteiger partial charge in [-0.25, -0.2) is 9.37 Å². The van der Waals surface area contributed by atoms with Crippen molar-refractivity contribution in [3.63, 3.8) is 0 Å². The molecular formula is C22H28FN3O3. The average molecular weight is 401 g/mol. The van der Waals surface area contributed by atoms with E-state index in [1.165, 1.54) is 6.07 Å². The molecule has 2 aliphatic heterocycles. The van der Waals surface area contributed by atoms with Gasteiger partial charge in [-0.3, -0.25) is 9.88 Å². The lowest BCUT2D eigenvalue weighted by molar-refractivity contribution is -0.0208. The van der Waals surface area contributed by atoms with Crippen LogP contribution >= 0.6 is 0 Å². The van der Waals surface area contributed by atoms with Gasteiger partial charge >= 0.3 is 0 Å². The van der Waals surface area contributed by atoms with Crippen molar-refractivity contribution in [2.24, 2.45) is 0 Å². The van der Waals surface area contributed by atoms with E-state index in [1.807, 2.05) is 20.8 Å². The summed E-state index contributed by atoms with van der Waals surface area (Å²) in [5, 5.41) is 0. The highest BCUT2D eigenvalue weighted by Crippen LogP contribution is 2.34. The maximum atomic E-state index is 14.7. The van der Waals surface area contributed by atoms with E-state index in [0.717, 1.165) is 42.9 Å². The number of aromatic nitrogens is 2. The molecule has 2 atom stereocenters. The van der Waals surface area contributed by atoms with Crippen LogP contribution in [0.15, 0.2) is 18.2 Å². The zero-order valence-corrected chi connectivity index (χ0v) is 17.3. The zero-order chi connectivity index (χ0) is 20.4. The summed E-state index contributed by atoms with van der Waals surface area (Å²) in [5.74, 6) is 0.410. The Labute approximate surface area is 171 Å². The van der Waals surface area contributed by atoms with Gasteiger partial charge in [0.15, 0.2) is 5.75 Å². The Bertz CT molecular complexity index is 856. The Morgan fingerprint density at radius 2 is 1.93 bits per heavy atom. The van der Waals surface area contributed by atoms with E-state index in [4.69, 9.17) is 14.2 Å². The fourth-order valence-corrected chi connectivity index (χ4v) is 4.10. The number of halogens is 1. The van der Waals surface area contributed by atoms with Crippen molar-refractivity contribution in [1.29, 1.82) is 0 Å². The highest BCUT2D eigenvalue weighted by molar-refractivity contribution is 5.37. The van der Waals surface area contributed by atoms with Crippen molar-refractivity contribution < 1.29 is 18.6 Å². The van der Waals surface area contributed by atoms with Crippen LogP contribution in [0.1, 0.15) is 48.5 Å². The summed E-state index contributed by atoms with van der Waals surface area (Å²) in [6, 6.07) is 5.34. The van der Waals surface area contributed by atoms with Crippen LogP contribution in [-0.2, 0) is 11.3 Å². The molecule has 0 aliphatic carbocycles. The Hall–Kier alpha value is -2.25. The van der Waals surface area contributed by atoms with Gasteiger partial charge in [-0.15, -0.1) is 0 Å². The molecule has 4 heterocycles. The zero-order valence-electron chi connectivity index (χ0n) is 17.3. The second-order valence-electron chi connectivity index (χ2n) is 7.86. The van der Waals surface area contributed by atoms with Crippen molar-refractivity contribution >= 4 is 0 Å². The van der Waals surface area contributed by atoms with E-state index in [9.17, 15) is 4.39 Å². The summed E-state index contributed by atoms with van der Waals surface area (Å²) in [7, 11) is 0. The SMILES string of the molecule is Cc1cc(CO[C@H]2CCCN([C@@H](C)c3nc4c(cc3F)OCCO4)C2)cc(C)n1. The molecule has 2 aliphatic rings. The van der Waals surface area contributed by atoms with Gasteiger partial charge in [0.1, 0.15) is 19.0 Å². The molecule has 0 radical (unpaired) electrons. The van der Waals surface area contributed by atoms with E-state index < -0.39 is 0 Å². The summed E-state index contributed by atoms with van der Waals surface area (Å²) < 4.78 is 31.8. The normalized spacial score (nSPS) is 20.5. The topological polar surface area (TPSA) is 56.7 Å². The fraction of sp³-hybridized carbons (Fsp3) is 0.545. The number of fused-ring (bicyclic) bond motifs is 1. The molecule has 4 rings (SSSR count). The van der Waals surface area contributed by atoms with Crippen LogP contribution in [0.3, 0.4) is 0 Å². The second kappa shape index (κ2) is 8.63. The third-order valence-electron chi connectivity index (χ3n) is 5.49. The van der Waals surface area contributed by atoms with Crippen molar-refractivity contribution in [3.05, 3.63) is 46.7 Å². The summed E-state index contributed by atoms with van der Waals surface area (Å²) in [6.07, 6.45) is 2.12. The van der Waals surface area contributed by atoms with Gasteiger partial charge in [0, 0.05) is 24.0 Å². The summed E-state index contributed by atoms with van der Waals surface area (Å²) in [6.45, 7) is 9.04. The number of aryl methyl sites for hydroxylation is 2. The lowest BCUT2D eigenvalue weighted by atomic mass is 10.0. The van der Waals surface area contributed by atoms with E-state index in [2.05, 4.69) is 27.0 Å². The molecule has 0 aromatic carbocycles. The van der Waals surface area contributed by atoms with Crippen molar-refractivity contribution in [2.45, 2.75) is 52.4 Å². The van der Waals surface area contributed by atoms with Gasteiger partial charge in [0.25, 0.3) is 5.88 Å². The highest BCUT2D eigenvalue weighted by atomic mass is 19.1. The number of pyridine rings is 2. The molecule has 1 saturated heterocycles. The smallest absolute Gasteiger partial charge is 0.257 e. The molecule has 2 aromatic heterocycles. The number of rotatable bonds is 5. The van der Waals surface area contributed by atoms with Crippen LogP contribution in [-0.4, -0.2) is 47.3 Å². The number of likely N-dealkylation sites (tertiary alicyclic amines) is 1. The first kappa shape index (κ1) is 20.0. The van der Waals surface area contributed by atoms with Crippen LogP contribution in [0, 0.1) is 19.7 Å². The molecule has 0 unspecified atom stereocenters. The second-order valence-corrected chi connectivity index (χ2v) is 7.86. The van der Waals surface area contributed by atoms with Crippen molar-refractivity contribution in [3.8, 4) is 11.6 Å². The van der Waals surface area contributed by atoms with Gasteiger partial charge in [0.2, 0.25) is 0 Å². The summed E-state index contributed by atoms with van der Waals surface area (Å²) >= 11 is 0. The minimum absolute atomic E-state index is 0.111. The molecule has 7 heteroatoms. The molecular weight excluding hydrogens is 373 g/mol. The van der Waals surface area contributed by atoms with Gasteiger partial charge < -0.3 is 14.2 Å². The Balaban J connectivity index is 1.41. The van der Waals surface area contributed by atoms with Gasteiger partial charge in [-0.05, 0) is 57.9 Å². The lowest BCUT2D eigenvalue weighted by Gasteiger charge is -2.36. The molecule has 6 nitrogen and oxygen atoms in total. The molecule has 0 spiro atoms. The number of piperidine rings is 1. The van der Waals surface area contributed by atoms with Crippen LogP contribution in [0.25, 0.3) is 0 Å². The lowest BCUT2D eigenvalue weighted by Crippen LogP contribution is -2.41. The molecule has 0 saturated carbocycles. The third-order valence-corrected chi connectivity index (χ3v) is 5.49. The molecule has 0 bridgehead atoms. The number of hydrogen-bond acceptors (Lipinski definition) is 6. The first-order valence-electron chi connectivity index (χ1n) is 10.3. The fourth-order valence-electron chi connectivity index (χ4n) is 4.10. The minimum Gasteiger partial charge on any atom is -0.484 e. The van der Waals surface area contributed by atoms with Crippen LogP contribution < -0.4 is 9.47 Å². The number of nitrogens with zero attached hydrogens (tertiary/aromatic N) is 3. The standard InChI is InChI=1S/C22H28FN3O3/c1-14-9-17(10-15(2)24-14)13-29-18-5-4-6-26(12-18)16(3)21-19(23)11-20-22(25-21)28-8-7-27-20/h9-11,16,18H,4-8,12-13H2,1-3H3/t16-,18-/m0/s1. The first-order valence-corrected chi connectivity index (χ1v) is 10.3. The molecule has 29 heavy (non-hydrogen) atoms. The van der Waals surface area contributed by atoms with Crippen molar-refractivity contribution in [1.82, 2.24) is 14.9 Å². The third kappa shape index (κ3) is 4.67. The molecule has 2 aromatic rings. The van der Waals surface area contributed by atoms with Crippen molar-refractivity contribution in [2.75, 3.05) is 26.3 Å². The maximum Gasteiger partial charge on any atom is 0.257 e. The van der Waals surface area contributed by atoms with E-state index in [0.29, 0.717) is 37.1 Å². The van der Waals surface area contributed by atoms with E-state index >= 15 is 0 Å². The highest BCUT2D eigenvalue weighted by Gasteiger charge is 2.29. The van der Waals surface area contributed by atoms with Crippen LogP contribution in [0.4, 0.5) is 4.39 Å². The Kier molecular flexibility index (Phi) is 5.96. The monoisotopic (exact) mass is 401 g/mol. The predicted molar refractivity (Wildman–Crippen MR) is 107 cm³/mol. The predicted octanol–water partition coefficient (Wildman–Crippen LogP) is 3.75. The number of ether oxygens (including phenoxy) is 3. The maximum absolute atomic E-state index is 14.7. The van der Waals surface area contributed by atoms with Gasteiger partial charge in [-0.2, -0.15) is 0 Å². The largest absolute Gasteiger partial charge is 0.484 e. The quantitative estimate of drug-likeness (QED) is 0.761. The average Bonchev–Trinajstić information content (AvgIpc) is 2.71. The van der Waals surface area contributed by atoms with E-state index in [1.54, 1.807) is 0 Å². The van der Waals surface area contributed by atoms with Gasteiger partial charge in [0.05, 0.1) is 24.4 Å². The molecule has 0 N–H and O–H groups in total. The molecule has 1 fully saturated rings. The van der Waals surface area contributed by atoms with Crippen LogP contribution in [0.5, 0.6) is 11.6 Å². The molecule has 0 amide bonds. The Morgan fingerprint density at radius 1 is 1.17 bits per heavy atom. The Morgan fingerprint density at radius 3 is 2.72 bits per heavy atom. The molecule has 156 valence electrons. The first-order chi connectivity index (χ1) is 14.0. The summed E-state index contributed by atoms with van der Waals surface area (Å²) in [4.78, 5) is 11.1. The van der Waals surface area contributed by atoms with Crippen LogP contribution in [0.2, 0.25) is 0 Å².